The van der Waals surface area contributed by atoms with Gasteiger partial charge in [-0.2, -0.15) is 5.10 Å². The predicted molar refractivity (Wildman–Crippen MR) is 138 cm³/mol. The van der Waals surface area contributed by atoms with E-state index in [2.05, 4.69) is 35.2 Å². The highest BCUT2D eigenvalue weighted by molar-refractivity contribution is 9.10. The summed E-state index contributed by atoms with van der Waals surface area (Å²) in [6.45, 7) is 8.19. The molecule has 1 amide bonds. The molecule has 1 aliphatic heterocycles. The Balaban J connectivity index is 1.79. The Hall–Kier alpha value is -1.86. The monoisotopic (exact) mass is 548 g/mol. The van der Waals surface area contributed by atoms with Gasteiger partial charge in [-0.1, -0.05) is 72.0 Å². The van der Waals surface area contributed by atoms with E-state index in [0.717, 1.165) is 40.8 Å². The van der Waals surface area contributed by atoms with Crippen LogP contribution in [-0.4, -0.2) is 33.8 Å². The average molecular weight is 550 g/mol. The van der Waals surface area contributed by atoms with Gasteiger partial charge in [-0.25, -0.2) is 9.69 Å². The summed E-state index contributed by atoms with van der Waals surface area (Å²) < 4.78 is 2.74. The molecule has 0 bridgehead atoms. The van der Waals surface area contributed by atoms with Crippen LogP contribution in [0, 0.1) is 11.8 Å². The van der Waals surface area contributed by atoms with Gasteiger partial charge in [0, 0.05) is 33.7 Å². The Morgan fingerprint density at radius 3 is 2.52 bits per heavy atom. The Labute approximate surface area is 213 Å². The second kappa shape index (κ2) is 10.2. The number of carbonyl (C=O) groups is 1. The molecule has 0 aliphatic carbocycles. The Morgan fingerprint density at radius 1 is 1.15 bits per heavy atom. The normalized spacial score (nSPS) is 19.0. The van der Waals surface area contributed by atoms with E-state index in [-0.39, 0.29) is 5.91 Å². The van der Waals surface area contributed by atoms with Crippen molar-refractivity contribution in [1.82, 2.24) is 20.2 Å². The molecular formula is C25H27BrCl2N4O. The summed E-state index contributed by atoms with van der Waals surface area (Å²) >= 11 is 16.2. The number of hydrogen-bond acceptors (Lipinski definition) is 3. The van der Waals surface area contributed by atoms with Gasteiger partial charge in [0.05, 0.1) is 16.4 Å². The van der Waals surface area contributed by atoms with Crippen LogP contribution in [0.25, 0.3) is 16.9 Å². The van der Waals surface area contributed by atoms with Crippen molar-refractivity contribution in [3.63, 3.8) is 0 Å². The Kier molecular flexibility index (Phi) is 7.49. The highest BCUT2D eigenvalue weighted by atomic mass is 79.9. The molecule has 174 valence electrons. The van der Waals surface area contributed by atoms with Gasteiger partial charge in [-0.3, -0.25) is 10.2 Å². The third-order valence-corrected chi connectivity index (χ3v) is 7.47. The molecule has 1 aromatic heterocycles. The Bertz CT molecular complexity index is 1160. The zero-order chi connectivity index (χ0) is 23.7. The quantitative estimate of drug-likeness (QED) is 0.381. The maximum absolute atomic E-state index is 13.4. The summed E-state index contributed by atoms with van der Waals surface area (Å²) in [5.41, 5.74) is 6.85. The van der Waals surface area contributed by atoms with Gasteiger partial charge in [-0.05, 0) is 55.0 Å². The van der Waals surface area contributed by atoms with Gasteiger partial charge in [0.25, 0.3) is 5.91 Å². The molecule has 1 aliphatic rings. The van der Waals surface area contributed by atoms with Crippen molar-refractivity contribution in [3.05, 3.63) is 68.2 Å². The van der Waals surface area contributed by atoms with E-state index in [1.807, 2.05) is 42.3 Å². The van der Waals surface area contributed by atoms with Crippen molar-refractivity contribution >= 4 is 45.0 Å². The van der Waals surface area contributed by atoms with Crippen molar-refractivity contribution in [2.45, 2.75) is 33.6 Å². The first kappa shape index (κ1) is 24.3. The molecule has 1 saturated heterocycles. The summed E-state index contributed by atoms with van der Waals surface area (Å²) in [5, 5.41) is 7.81. The van der Waals surface area contributed by atoms with Crippen molar-refractivity contribution < 1.29 is 4.79 Å². The number of amides is 1. The van der Waals surface area contributed by atoms with Crippen LogP contribution in [0.15, 0.2) is 46.9 Å². The standard InChI is InChI=1S/C25H27BrCl2N4O/c1-4-20-23(25(33)30-31-12-11-15(2)16(3)14-31)29-32(22-10-9-19(27)13-21(22)28)24(20)17-5-7-18(26)8-6-17/h5-10,13,15-16H,4,11-12,14H2,1-3H3,(H,30,33). The molecule has 1 N–H and O–H groups in total. The maximum atomic E-state index is 13.4. The van der Waals surface area contributed by atoms with E-state index in [4.69, 9.17) is 28.3 Å². The fourth-order valence-electron chi connectivity index (χ4n) is 4.26. The van der Waals surface area contributed by atoms with Crippen LogP contribution in [0.4, 0.5) is 0 Å². The number of piperidine rings is 1. The minimum absolute atomic E-state index is 0.198. The molecule has 2 atom stereocenters. The number of aromatic nitrogens is 2. The fraction of sp³-hybridized carbons (Fsp3) is 0.360. The molecule has 2 heterocycles. The van der Waals surface area contributed by atoms with Gasteiger partial charge in [-0.15, -0.1) is 0 Å². The lowest BCUT2D eigenvalue weighted by atomic mass is 9.89. The summed E-state index contributed by atoms with van der Waals surface area (Å²) in [6.07, 6.45) is 1.70. The molecule has 2 unspecified atom stereocenters. The molecular weight excluding hydrogens is 523 g/mol. The number of nitrogens with zero attached hydrogens (tertiary/aromatic N) is 3. The fourth-order valence-corrected chi connectivity index (χ4v) is 5.01. The highest BCUT2D eigenvalue weighted by Crippen LogP contribution is 2.34. The summed E-state index contributed by atoms with van der Waals surface area (Å²) in [7, 11) is 0. The second-order valence-electron chi connectivity index (χ2n) is 8.67. The minimum Gasteiger partial charge on any atom is -0.283 e. The van der Waals surface area contributed by atoms with Crippen LogP contribution in [0.5, 0.6) is 0 Å². The first-order valence-electron chi connectivity index (χ1n) is 11.2. The zero-order valence-corrected chi connectivity index (χ0v) is 22.0. The number of rotatable bonds is 5. The van der Waals surface area contributed by atoms with Crippen LogP contribution in [0.2, 0.25) is 10.0 Å². The topological polar surface area (TPSA) is 50.2 Å². The summed E-state index contributed by atoms with van der Waals surface area (Å²) in [5.74, 6) is 0.976. The molecule has 8 heteroatoms. The molecule has 5 nitrogen and oxygen atoms in total. The van der Waals surface area contributed by atoms with E-state index in [1.54, 1.807) is 16.8 Å². The first-order valence-corrected chi connectivity index (χ1v) is 12.7. The SMILES string of the molecule is CCc1c(C(=O)NN2CCC(C)C(C)C2)nn(-c2ccc(Cl)cc2Cl)c1-c1ccc(Br)cc1. The molecule has 0 saturated carbocycles. The number of halogens is 3. The zero-order valence-electron chi connectivity index (χ0n) is 18.9. The van der Waals surface area contributed by atoms with E-state index in [0.29, 0.717) is 39.7 Å². The number of carbonyl (C=O) groups excluding carboxylic acids is 1. The molecule has 33 heavy (non-hydrogen) atoms. The number of benzene rings is 2. The van der Waals surface area contributed by atoms with Crippen LogP contribution in [0.3, 0.4) is 0 Å². The lowest BCUT2D eigenvalue weighted by Gasteiger charge is -2.35. The van der Waals surface area contributed by atoms with E-state index in [1.165, 1.54) is 0 Å². The van der Waals surface area contributed by atoms with Gasteiger partial charge >= 0.3 is 0 Å². The van der Waals surface area contributed by atoms with Crippen molar-refractivity contribution in [2.75, 3.05) is 13.1 Å². The second-order valence-corrected chi connectivity index (χ2v) is 10.4. The lowest BCUT2D eigenvalue weighted by Crippen LogP contribution is -2.49. The number of hydrogen-bond donors (Lipinski definition) is 1. The van der Waals surface area contributed by atoms with Gasteiger partial charge in [0.1, 0.15) is 0 Å². The van der Waals surface area contributed by atoms with Gasteiger partial charge in [0.2, 0.25) is 0 Å². The lowest BCUT2D eigenvalue weighted by molar-refractivity contribution is 0.0597. The van der Waals surface area contributed by atoms with E-state index in [9.17, 15) is 4.79 Å². The third kappa shape index (κ3) is 5.14. The van der Waals surface area contributed by atoms with Crippen molar-refractivity contribution in [3.8, 4) is 16.9 Å². The molecule has 0 spiro atoms. The van der Waals surface area contributed by atoms with Crippen LogP contribution < -0.4 is 5.43 Å². The smallest absolute Gasteiger partial charge is 0.283 e. The molecule has 0 radical (unpaired) electrons. The van der Waals surface area contributed by atoms with Gasteiger partial charge < -0.3 is 0 Å². The van der Waals surface area contributed by atoms with Crippen LogP contribution >= 0.6 is 39.1 Å². The molecule has 3 aromatic rings. The van der Waals surface area contributed by atoms with Gasteiger partial charge in [0.15, 0.2) is 5.69 Å². The van der Waals surface area contributed by atoms with Crippen molar-refractivity contribution in [1.29, 1.82) is 0 Å². The Morgan fingerprint density at radius 2 is 1.88 bits per heavy atom. The average Bonchev–Trinajstić information content (AvgIpc) is 3.16. The van der Waals surface area contributed by atoms with Crippen LogP contribution in [0.1, 0.15) is 43.2 Å². The predicted octanol–water partition coefficient (Wildman–Crippen LogP) is 6.79. The number of nitrogens with one attached hydrogen (secondary N) is 1. The third-order valence-electron chi connectivity index (χ3n) is 6.40. The van der Waals surface area contributed by atoms with E-state index >= 15 is 0 Å². The van der Waals surface area contributed by atoms with Crippen molar-refractivity contribution in [2.24, 2.45) is 11.8 Å². The summed E-state index contributed by atoms with van der Waals surface area (Å²) in [4.78, 5) is 13.4. The molecule has 2 aromatic carbocycles. The summed E-state index contributed by atoms with van der Waals surface area (Å²) in [6, 6.07) is 13.3. The number of hydrazine groups is 1. The van der Waals surface area contributed by atoms with Crippen LogP contribution in [-0.2, 0) is 6.42 Å². The maximum Gasteiger partial charge on any atom is 0.286 e. The van der Waals surface area contributed by atoms with E-state index < -0.39 is 0 Å². The largest absolute Gasteiger partial charge is 0.286 e. The minimum atomic E-state index is -0.198. The first-order chi connectivity index (χ1) is 15.8. The molecule has 1 fully saturated rings. The molecule has 4 rings (SSSR count). The highest BCUT2D eigenvalue weighted by Gasteiger charge is 2.28.